The van der Waals surface area contributed by atoms with E-state index in [-0.39, 0.29) is 12.5 Å². The van der Waals surface area contributed by atoms with Gasteiger partial charge in [-0.05, 0) is 32.0 Å². The molecule has 2 aromatic carbocycles. The van der Waals surface area contributed by atoms with Gasteiger partial charge >= 0.3 is 0 Å². The highest BCUT2D eigenvalue weighted by Crippen LogP contribution is 2.31. The van der Waals surface area contributed by atoms with Crippen molar-refractivity contribution < 1.29 is 9.53 Å². The van der Waals surface area contributed by atoms with Crippen molar-refractivity contribution in [1.82, 2.24) is 10.2 Å². The fourth-order valence-electron chi connectivity index (χ4n) is 3.03. The number of hydrogen-bond acceptors (Lipinski definition) is 3. The van der Waals surface area contributed by atoms with E-state index < -0.39 is 0 Å². The second-order valence-electron chi connectivity index (χ2n) is 5.85. The SMILES string of the molecule is CNC1CCCN(C(=O)COc2ccc(Cl)c3ccccc23)C1. The monoisotopic (exact) mass is 332 g/mol. The average molecular weight is 333 g/mol. The summed E-state index contributed by atoms with van der Waals surface area (Å²) >= 11 is 6.21. The Morgan fingerprint density at radius 3 is 2.87 bits per heavy atom. The second kappa shape index (κ2) is 7.20. The first-order chi connectivity index (χ1) is 11.2. The molecule has 1 saturated heterocycles. The number of fused-ring (bicyclic) bond motifs is 1. The van der Waals surface area contributed by atoms with Crippen molar-refractivity contribution in [3.8, 4) is 5.75 Å². The number of hydrogen-bond donors (Lipinski definition) is 1. The Kier molecular flexibility index (Phi) is 5.03. The number of nitrogens with zero attached hydrogens (tertiary/aromatic N) is 1. The lowest BCUT2D eigenvalue weighted by Gasteiger charge is -2.32. The maximum absolute atomic E-state index is 12.4. The van der Waals surface area contributed by atoms with E-state index in [9.17, 15) is 4.79 Å². The maximum Gasteiger partial charge on any atom is 0.260 e. The zero-order chi connectivity index (χ0) is 16.2. The molecular formula is C18H21ClN2O2. The van der Waals surface area contributed by atoms with Crippen molar-refractivity contribution in [2.24, 2.45) is 0 Å². The van der Waals surface area contributed by atoms with Gasteiger partial charge in [0.1, 0.15) is 5.75 Å². The number of rotatable bonds is 4. The standard InChI is InChI=1S/C18H21ClN2O2/c1-20-13-5-4-10-21(11-13)18(22)12-23-17-9-8-16(19)14-6-2-3-7-15(14)17/h2-3,6-9,13,20H,4-5,10-12H2,1H3. The summed E-state index contributed by atoms with van der Waals surface area (Å²) < 4.78 is 5.79. The molecule has 0 spiro atoms. The Morgan fingerprint density at radius 2 is 2.09 bits per heavy atom. The first-order valence-corrected chi connectivity index (χ1v) is 8.32. The van der Waals surface area contributed by atoms with Crippen LogP contribution in [0.15, 0.2) is 36.4 Å². The third-order valence-corrected chi connectivity index (χ3v) is 4.69. The summed E-state index contributed by atoms with van der Waals surface area (Å²) in [4.78, 5) is 14.3. The zero-order valence-corrected chi connectivity index (χ0v) is 14.0. The highest BCUT2D eigenvalue weighted by atomic mass is 35.5. The number of likely N-dealkylation sites (tertiary alicyclic amines) is 1. The Balaban J connectivity index is 1.69. The first kappa shape index (κ1) is 16.1. The lowest BCUT2D eigenvalue weighted by molar-refractivity contribution is -0.134. The summed E-state index contributed by atoms with van der Waals surface area (Å²) in [5, 5.41) is 5.80. The molecule has 1 amide bonds. The van der Waals surface area contributed by atoms with Crippen LogP contribution in [0.2, 0.25) is 5.02 Å². The molecule has 1 heterocycles. The lowest BCUT2D eigenvalue weighted by atomic mass is 10.1. The van der Waals surface area contributed by atoms with Crippen molar-refractivity contribution in [1.29, 1.82) is 0 Å². The molecule has 3 rings (SSSR count). The van der Waals surface area contributed by atoms with Gasteiger partial charge in [-0.3, -0.25) is 4.79 Å². The van der Waals surface area contributed by atoms with Crippen molar-refractivity contribution in [3.63, 3.8) is 0 Å². The van der Waals surface area contributed by atoms with Gasteiger partial charge in [-0.1, -0.05) is 35.9 Å². The molecule has 5 heteroatoms. The van der Waals surface area contributed by atoms with Gasteiger partial charge in [-0.25, -0.2) is 0 Å². The third-order valence-electron chi connectivity index (χ3n) is 4.36. The van der Waals surface area contributed by atoms with Crippen LogP contribution in [-0.2, 0) is 4.79 Å². The lowest BCUT2D eigenvalue weighted by Crippen LogP contribution is -2.48. The molecule has 0 aromatic heterocycles. The number of amides is 1. The van der Waals surface area contributed by atoms with Gasteiger partial charge in [0, 0.05) is 34.9 Å². The summed E-state index contributed by atoms with van der Waals surface area (Å²) in [7, 11) is 1.94. The molecule has 0 aliphatic carbocycles. The molecule has 4 nitrogen and oxygen atoms in total. The molecule has 122 valence electrons. The highest BCUT2D eigenvalue weighted by Gasteiger charge is 2.22. The van der Waals surface area contributed by atoms with Crippen molar-refractivity contribution in [2.45, 2.75) is 18.9 Å². The number of piperidine rings is 1. The van der Waals surface area contributed by atoms with Gasteiger partial charge in [0.05, 0.1) is 0 Å². The minimum absolute atomic E-state index is 0.0315. The molecule has 1 unspecified atom stereocenters. The van der Waals surface area contributed by atoms with Gasteiger partial charge in [0.25, 0.3) is 5.91 Å². The van der Waals surface area contributed by atoms with E-state index in [4.69, 9.17) is 16.3 Å². The maximum atomic E-state index is 12.4. The van der Waals surface area contributed by atoms with Gasteiger partial charge < -0.3 is 15.0 Å². The quantitative estimate of drug-likeness (QED) is 0.935. The van der Waals surface area contributed by atoms with Crippen LogP contribution in [0.5, 0.6) is 5.75 Å². The summed E-state index contributed by atoms with van der Waals surface area (Å²) in [6.07, 6.45) is 2.14. The molecule has 1 aliphatic rings. The minimum atomic E-state index is 0.0315. The number of likely N-dealkylation sites (N-methyl/N-ethyl adjacent to an activating group) is 1. The number of ether oxygens (including phenoxy) is 1. The summed E-state index contributed by atoms with van der Waals surface area (Å²) in [6.45, 7) is 1.61. The zero-order valence-electron chi connectivity index (χ0n) is 13.2. The van der Waals surface area contributed by atoms with Crippen LogP contribution in [0.4, 0.5) is 0 Å². The first-order valence-electron chi connectivity index (χ1n) is 7.94. The van der Waals surface area contributed by atoms with Crippen molar-refractivity contribution >= 4 is 28.3 Å². The fraction of sp³-hybridized carbons (Fsp3) is 0.389. The van der Waals surface area contributed by atoms with Crippen LogP contribution in [0.1, 0.15) is 12.8 Å². The molecule has 0 saturated carbocycles. The molecule has 1 aliphatic heterocycles. The van der Waals surface area contributed by atoms with E-state index in [0.29, 0.717) is 16.8 Å². The molecule has 1 N–H and O–H groups in total. The molecular weight excluding hydrogens is 312 g/mol. The van der Waals surface area contributed by atoms with Gasteiger partial charge in [0.2, 0.25) is 0 Å². The predicted molar refractivity (Wildman–Crippen MR) is 93.1 cm³/mol. The predicted octanol–water partition coefficient (Wildman–Crippen LogP) is 3.08. The summed E-state index contributed by atoms with van der Waals surface area (Å²) in [5.74, 6) is 0.726. The molecule has 0 bridgehead atoms. The minimum Gasteiger partial charge on any atom is -0.483 e. The number of benzene rings is 2. The van der Waals surface area contributed by atoms with Crippen LogP contribution in [0.25, 0.3) is 10.8 Å². The Hall–Kier alpha value is -1.78. The number of carbonyl (C=O) groups excluding carboxylic acids is 1. The average Bonchev–Trinajstić information content (AvgIpc) is 2.61. The van der Waals surface area contributed by atoms with Gasteiger partial charge in [0.15, 0.2) is 6.61 Å². The van der Waals surface area contributed by atoms with Gasteiger partial charge in [-0.2, -0.15) is 0 Å². The third kappa shape index (κ3) is 3.59. The molecule has 0 radical (unpaired) electrons. The van der Waals surface area contributed by atoms with Crippen LogP contribution in [-0.4, -0.2) is 43.6 Å². The second-order valence-corrected chi connectivity index (χ2v) is 6.25. The molecule has 23 heavy (non-hydrogen) atoms. The van der Waals surface area contributed by atoms with E-state index in [1.807, 2.05) is 48.3 Å². The van der Waals surface area contributed by atoms with E-state index in [2.05, 4.69) is 5.32 Å². The largest absolute Gasteiger partial charge is 0.483 e. The van der Waals surface area contributed by atoms with E-state index in [1.165, 1.54) is 0 Å². The molecule has 1 fully saturated rings. The van der Waals surface area contributed by atoms with E-state index in [0.717, 1.165) is 36.7 Å². The molecule has 2 aromatic rings. The Morgan fingerprint density at radius 1 is 1.30 bits per heavy atom. The normalized spacial score (nSPS) is 18.2. The smallest absolute Gasteiger partial charge is 0.260 e. The Labute approximate surface area is 141 Å². The van der Waals surface area contributed by atoms with Crippen LogP contribution < -0.4 is 10.1 Å². The number of nitrogens with one attached hydrogen (secondary N) is 1. The van der Waals surface area contributed by atoms with Crippen LogP contribution in [0.3, 0.4) is 0 Å². The van der Waals surface area contributed by atoms with Crippen LogP contribution in [0, 0.1) is 0 Å². The van der Waals surface area contributed by atoms with Gasteiger partial charge in [-0.15, -0.1) is 0 Å². The van der Waals surface area contributed by atoms with Crippen molar-refractivity contribution in [2.75, 3.05) is 26.7 Å². The number of carbonyl (C=O) groups is 1. The van der Waals surface area contributed by atoms with Crippen LogP contribution >= 0.6 is 11.6 Å². The summed E-state index contributed by atoms with van der Waals surface area (Å²) in [6, 6.07) is 11.8. The van der Waals surface area contributed by atoms with E-state index >= 15 is 0 Å². The summed E-state index contributed by atoms with van der Waals surface area (Å²) in [5.41, 5.74) is 0. The van der Waals surface area contributed by atoms with E-state index in [1.54, 1.807) is 0 Å². The Bertz CT molecular complexity index is 704. The van der Waals surface area contributed by atoms with Crippen molar-refractivity contribution in [3.05, 3.63) is 41.4 Å². The fourth-order valence-corrected chi connectivity index (χ4v) is 3.26. The number of halogens is 1. The highest BCUT2D eigenvalue weighted by molar-refractivity contribution is 6.35. The molecule has 1 atom stereocenters. The topological polar surface area (TPSA) is 41.6 Å².